The normalized spacial score (nSPS) is 22.3. The van der Waals surface area contributed by atoms with Crippen LogP contribution in [0.4, 0.5) is 10.6 Å². The number of hydrogen-bond acceptors (Lipinski definition) is 9. The summed E-state index contributed by atoms with van der Waals surface area (Å²) in [4.78, 5) is 29.1. The van der Waals surface area contributed by atoms with E-state index >= 15 is 0 Å². The van der Waals surface area contributed by atoms with Crippen molar-refractivity contribution in [2.45, 2.75) is 76.9 Å². The number of amides is 1. The lowest BCUT2D eigenvalue weighted by atomic mass is 9.94. The van der Waals surface area contributed by atoms with E-state index in [0.29, 0.717) is 56.3 Å². The predicted molar refractivity (Wildman–Crippen MR) is 173 cm³/mol. The van der Waals surface area contributed by atoms with Crippen LogP contribution in [0.25, 0.3) is 10.8 Å². The molecule has 6 rings (SSSR count). The van der Waals surface area contributed by atoms with Crippen molar-refractivity contribution < 1.29 is 19.0 Å². The van der Waals surface area contributed by atoms with Gasteiger partial charge in [0.25, 0.3) is 0 Å². The van der Waals surface area contributed by atoms with Gasteiger partial charge in [-0.3, -0.25) is 0 Å². The van der Waals surface area contributed by atoms with Crippen molar-refractivity contribution >= 4 is 34.3 Å². The average Bonchev–Trinajstić information content (AvgIpc) is 3.42. The second-order valence-electron chi connectivity index (χ2n) is 13.2. The van der Waals surface area contributed by atoms with Crippen LogP contribution >= 0.6 is 11.6 Å². The second-order valence-corrected chi connectivity index (χ2v) is 13.6. The maximum Gasteiger partial charge on any atom is 0.410 e. The summed E-state index contributed by atoms with van der Waals surface area (Å²) in [5.74, 6) is 0.732. The molecule has 0 radical (unpaired) electrons. The van der Waals surface area contributed by atoms with Gasteiger partial charge in [0.15, 0.2) is 0 Å². The number of carbonyl (C=O) groups is 1. The van der Waals surface area contributed by atoms with Crippen LogP contribution in [0.2, 0.25) is 5.02 Å². The number of anilines is 1. The quantitative estimate of drug-likeness (QED) is 0.328. The third-order valence-electron chi connectivity index (χ3n) is 8.90. The lowest BCUT2D eigenvalue weighted by Gasteiger charge is -2.42. The van der Waals surface area contributed by atoms with E-state index < -0.39 is 11.7 Å². The Kier molecular flexibility index (Phi) is 9.05. The highest BCUT2D eigenvalue weighted by Gasteiger charge is 2.36. The summed E-state index contributed by atoms with van der Waals surface area (Å²) in [6.45, 7) is 8.78. The van der Waals surface area contributed by atoms with Crippen LogP contribution in [-0.4, -0.2) is 83.4 Å². The lowest BCUT2D eigenvalue weighted by Crippen LogP contribution is -2.56. The average molecular weight is 633 g/mol. The zero-order chi connectivity index (χ0) is 31.7. The summed E-state index contributed by atoms with van der Waals surface area (Å²) in [6, 6.07) is 14.6. The standard InChI is InChI=1S/C34H41ClN6O4/c1-34(2,3)45-33(42)41-17-16-40(19-23(41)13-14-36)31-26-21-43-29(25-11-5-8-22-9-6-12-27(35)30(22)25)18-28(26)37-32(38-31)44-20-24-10-7-15-39(24)4/h5-6,8-9,11-12,23-24,29H,7,10,13,15-21H2,1-4H3/t23-,24?,29-/m0/s1. The first-order chi connectivity index (χ1) is 21.6. The molecule has 2 aromatic carbocycles. The Hall–Kier alpha value is -3.65. The minimum absolute atomic E-state index is 0.181. The number of likely N-dealkylation sites (tertiary alicyclic amines) is 1. The van der Waals surface area contributed by atoms with Crippen LogP contribution < -0.4 is 9.64 Å². The van der Waals surface area contributed by atoms with Crippen LogP contribution in [-0.2, 0) is 22.5 Å². The van der Waals surface area contributed by atoms with E-state index in [-0.39, 0.29) is 18.6 Å². The fourth-order valence-corrected chi connectivity index (χ4v) is 6.89. The zero-order valence-corrected chi connectivity index (χ0v) is 27.2. The van der Waals surface area contributed by atoms with Gasteiger partial charge in [-0.2, -0.15) is 15.2 Å². The molecule has 45 heavy (non-hydrogen) atoms. The number of piperazine rings is 1. The maximum atomic E-state index is 13.1. The number of fused-ring (bicyclic) bond motifs is 2. The fourth-order valence-electron chi connectivity index (χ4n) is 6.60. The molecular weight excluding hydrogens is 592 g/mol. The highest BCUT2D eigenvalue weighted by Crippen LogP contribution is 2.39. The molecule has 3 aliphatic heterocycles. The number of benzene rings is 2. The number of halogens is 1. The Morgan fingerprint density at radius 3 is 2.67 bits per heavy atom. The molecule has 0 aliphatic carbocycles. The number of hydrogen-bond donors (Lipinski definition) is 0. The number of nitriles is 1. The van der Waals surface area contributed by atoms with Crippen molar-refractivity contribution in [2.24, 2.45) is 0 Å². The molecule has 3 aromatic rings. The van der Waals surface area contributed by atoms with E-state index in [1.54, 1.807) is 4.90 Å². The van der Waals surface area contributed by atoms with Crippen LogP contribution in [0.3, 0.4) is 0 Å². The van der Waals surface area contributed by atoms with Gasteiger partial charge >= 0.3 is 12.1 Å². The van der Waals surface area contributed by atoms with Crippen LogP contribution in [0.1, 0.15) is 63.0 Å². The van der Waals surface area contributed by atoms with E-state index in [1.165, 1.54) is 0 Å². The minimum atomic E-state index is -0.626. The number of rotatable bonds is 6. The summed E-state index contributed by atoms with van der Waals surface area (Å²) in [7, 11) is 2.12. The van der Waals surface area contributed by atoms with Crippen molar-refractivity contribution in [1.82, 2.24) is 19.8 Å². The molecule has 238 valence electrons. The Morgan fingerprint density at radius 1 is 1.13 bits per heavy atom. The molecule has 0 spiro atoms. The number of aromatic nitrogens is 2. The summed E-state index contributed by atoms with van der Waals surface area (Å²) in [5, 5.41) is 12.4. The van der Waals surface area contributed by atoms with Gasteiger partial charge in [0.05, 0.1) is 36.9 Å². The van der Waals surface area contributed by atoms with E-state index in [1.807, 2.05) is 39.0 Å². The van der Waals surface area contributed by atoms with E-state index in [4.69, 9.17) is 35.8 Å². The molecule has 4 heterocycles. The minimum Gasteiger partial charge on any atom is -0.462 e. The molecule has 0 N–H and O–H groups in total. The molecule has 1 unspecified atom stereocenters. The number of nitrogens with zero attached hydrogens (tertiary/aromatic N) is 6. The van der Waals surface area contributed by atoms with Crippen LogP contribution in [0, 0.1) is 11.3 Å². The monoisotopic (exact) mass is 632 g/mol. The molecule has 10 nitrogen and oxygen atoms in total. The van der Waals surface area contributed by atoms with Crippen LogP contribution in [0.15, 0.2) is 36.4 Å². The first-order valence-corrected chi connectivity index (χ1v) is 16.1. The molecular formula is C34H41ClN6O4. The number of carbonyl (C=O) groups excluding carboxylic acids is 1. The summed E-state index contributed by atoms with van der Waals surface area (Å²) in [6.07, 6.45) is 2.30. The molecule has 1 aromatic heterocycles. The van der Waals surface area contributed by atoms with E-state index in [2.05, 4.69) is 41.1 Å². The van der Waals surface area contributed by atoms with Gasteiger partial charge in [0.2, 0.25) is 0 Å². The van der Waals surface area contributed by atoms with Crippen molar-refractivity contribution in [3.8, 4) is 12.1 Å². The van der Waals surface area contributed by atoms with Crippen molar-refractivity contribution in [2.75, 3.05) is 44.7 Å². The molecule has 3 atom stereocenters. The van der Waals surface area contributed by atoms with Gasteiger partial charge in [-0.05, 0) is 64.2 Å². The fraction of sp³-hybridized carbons (Fsp3) is 0.529. The largest absolute Gasteiger partial charge is 0.462 e. The molecule has 3 aliphatic rings. The topological polar surface area (TPSA) is 104 Å². The maximum absolute atomic E-state index is 13.1. The Labute approximate surface area is 269 Å². The third-order valence-corrected chi connectivity index (χ3v) is 9.22. The summed E-state index contributed by atoms with van der Waals surface area (Å²) < 4.78 is 18.5. The SMILES string of the molecule is CN1CCCC1COc1nc2c(c(N3CCN(C(=O)OC(C)(C)C)[C@@H](CC#N)C3)n1)CO[C@H](c1cccc3cccc(Cl)c13)C2. The first-order valence-electron chi connectivity index (χ1n) is 15.7. The van der Waals surface area contributed by atoms with Crippen molar-refractivity contribution in [1.29, 1.82) is 5.26 Å². The Morgan fingerprint density at radius 2 is 1.93 bits per heavy atom. The van der Waals surface area contributed by atoms with E-state index in [9.17, 15) is 10.1 Å². The van der Waals surface area contributed by atoms with Gasteiger partial charge in [0, 0.05) is 48.1 Å². The second kappa shape index (κ2) is 13.0. The summed E-state index contributed by atoms with van der Waals surface area (Å²) >= 11 is 6.69. The van der Waals surface area contributed by atoms with Crippen LogP contribution in [0.5, 0.6) is 6.01 Å². The predicted octanol–water partition coefficient (Wildman–Crippen LogP) is 5.91. The third kappa shape index (κ3) is 6.81. The van der Waals surface area contributed by atoms with E-state index in [0.717, 1.165) is 52.8 Å². The van der Waals surface area contributed by atoms with Crippen molar-refractivity contribution in [3.63, 3.8) is 0 Å². The van der Waals surface area contributed by atoms with Crippen molar-refractivity contribution in [3.05, 3.63) is 58.2 Å². The lowest BCUT2D eigenvalue weighted by molar-refractivity contribution is 0.0140. The molecule has 0 saturated carbocycles. The van der Waals surface area contributed by atoms with Gasteiger partial charge in [-0.15, -0.1) is 0 Å². The van der Waals surface area contributed by atoms with Gasteiger partial charge in [-0.25, -0.2) is 4.79 Å². The van der Waals surface area contributed by atoms with Gasteiger partial charge in [0.1, 0.15) is 18.0 Å². The molecule has 2 fully saturated rings. The summed E-state index contributed by atoms with van der Waals surface area (Å²) in [5.41, 5.74) is 2.18. The highest BCUT2D eigenvalue weighted by molar-refractivity contribution is 6.35. The molecule has 0 bridgehead atoms. The smallest absolute Gasteiger partial charge is 0.410 e. The van der Waals surface area contributed by atoms with Gasteiger partial charge < -0.3 is 28.9 Å². The number of likely N-dealkylation sites (N-methyl/N-ethyl adjacent to an activating group) is 1. The Bertz CT molecular complexity index is 1600. The number of ether oxygens (including phenoxy) is 3. The first kappa shape index (κ1) is 31.3. The van der Waals surface area contributed by atoms with Gasteiger partial charge in [-0.1, -0.05) is 41.9 Å². The molecule has 1 amide bonds. The molecule has 2 saturated heterocycles. The Balaban J connectivity index is 1.32. The highest BCUT2D eigenvalue weighted by atomic mass is 35.5. The molecule has 11 heteroatoms. The zero-order valence-electron chi connectivity index (χ0n) is 26.5.